The van der Waals surface area contributed by atoms with Gasteiger partial charge in [0.15, 0.2) is 11.8 Å². The van der Waals surface area contributed by atoms with E-state index < -0.39 is 0 Å². The highest BCUT2D eigenvalue weighted by molar-refractivity contribution is 14.0. The molecule has 2 N–H and O–H groups in total. The molecule has 0 aromatic carbocycles. The van der Waals surface area contributed by atoms with Gasteiger partial charge in [0.25, 0.3) is 0 Å². The van der Waals surface area contributed by atoms with Crippen molar-refractivity contribution in [3.63, 3.8) is 0 Å². The Labute approximate surface area is 185 Å². The van der Waals surface area contributed by atoms with Gasteiger partial charge in [-0.3, -0.25) is 0 Å². The molecule has 1 atom stereocenters. The van der Waals surface area contributed by atoms with E-state index in [2.05, 4.69) is 37.3 Å². The first-order valence-electron chi connectivity index (χ1n) is 10.5. The lowest BCUT2D eigenvalue weighted by atomic mass is 10.1. The molecule has 2 aliphatic rings. The largest absolute Gasteiger partial charge is 0.381 e. The van der Waals surface area contributed by atoms with E-state index in [1.165, 1.54) is 19.3 Å². The number of nitrogens with one attached hydrogen (secondary N) is 2. The average Bonchev–Trinajstić information content (AvgIpc) is 3.27. The molecule has 1 aromatic rings. The third kappa shape index (κ3) is 7.47. The summed E-state index contributed by atoms with van der Waals surface area (Å²) in [6, 6.07) is 0. The van der Waals surface area contributed by atoms with E-state index in [1.54, 1.807) is 0 Å². The summed E-state index contributed by atoms with van der Waals surface area (Å²) in [5.74, 6) is 3.48. The first-order valence-corrected chi connectivity index (χ1v) is 10.5. The fourth-order valence-corrected chi connectivity index (χ4v) is 3.50. The molecule has 1 saturated heterocycles. The van der Waals surface area contributed by atoms with E-state index >= 15 is 0 Å². The van der Waals surface area contributed by atoms with Crippen LogP contribution in [0.15, 0.2) is 4.99 Å². The fraction of sp³-hybridized carbons (Fsp3) is 0.842. The molecule has 3 rings (SSSR count). The Morgan fingerprint density at radius 2 is 2.21 bits per heavy atom. The predicted molar refractivity (Wildman–Crippen MR) is 120 cm³/mol. The molecule has 2 aliphatic heterocycles. The average molecular weight is 506 g/mol. The van der Waals surface area contributed by atoms with Crippen LogP contribution >= 0.6 is 24.0 Å². The smallest absolute Gasteiger partial charge is 0.191 e. The molecule has 0 aliphatic carbocycles. The third-order valence-electron chi connectivity index (χ3n) is 5.04. The Bertz CT molecular complexity index is 589. The van der Waals surface area contributed by atoms with E-state index in [4.69, 9.17) is 9.47 Å². The molecule has 0 radical (unpaired) electrons. The van der Waals surface area contributed by atoms with Crippen molar-refractivity contribution in [2.75, 3.05) is 39.5 Å². The summed E-state index contributed by atoms with van der Waals surface area (Å²) in [6.07, 6.45) is 6.79. The van der Waals surface area contributed by atoms with Crippen LogP contribution in [0.25, 0.3) is 0 Å². The van der Waals surface area contributed by atoms with Gasteiger partial charge in [0.2, 0.25) is 0 Å². The zero-order valence-electron chi connectivity index (χ0n) is 17.0. The van der Waals surface area contributed by atoms with Crippen molar-refractivity contribution >= 4 is 29.9 Å². The van der Waals surface area contributed by atoms with Gasteiger partial charge in [0, 0.05) is 45.2 Å². The standard InChI is InChI=1S/C19H34N6O2.HI/c1-2-20-19(21-9-6-11-26-14-16-8-12-27-15-16)22-13-18-24-23-17-7-4-3-5-10-25(17)18;/h16H,2-15H2,1H3,(H2,20,21,22);1H. The van der Waals surface area contributed by atoms with Crippen LogP contribution in [-0.4, -0.2) is 60.2 Å². The van der Waals surface area contributed by atoms with Gasteiger partial charge >= 0.3 is 0 Å². The van der Waals surface area contributed by atoms with Crippen LogP contribution in [0.4, 0.5) is 0 Å². The number of nitrogens with zero attached hydrogens (tertiary/aromatic N) is 4. The van der Waals surface area contributed by atoms with Crippen LogP contribution < -0.4 is 10.6 Å². The Kier molecular flexibility index (Phi) is 11.1. The minimum absolute atomic E-state index is 0. The summed E-state index contributed by atoms with van der Waals surface area (Å²) >= 11 is 0. The molecule has 0 amide bonds. The van der Waals surface area contributed by atoms with E-state index in [-0.39, 0.29) is 24.0 Å². The van der Waals surface area contributed by atoms with Gasteiger partial charge in [-0.25, -0.2) is 4.99 Å². The van der Waals surface area contributed by atoms with Crippen LogP contribution in [-0.2, 0) is 29.0 Å². The van der Waals surface area contributed by atoms with Crippen molar-refractivity contribution < 1.29 is 9.47 Å². The zero-order valence-corrected chi connectivity index (χ0v) is 19.3. The van der Waals surface area contributed by atoms with Gasteiger partial charge in [0.05, 0.1) is 13.2 Å². The normalized spacial score (nSPS) is 19.6. The summed E-state index contributed by atoms with van der Waals surface area (Å²) in [4.78, 5) is 4.69. The van der Waals surface area contributed by atoms with E-state index in [0.717, 1.165) is 82.9 Å². The maximum Gasteiger partial charge on any atom is 0.191 e. The number of aromatic nitrogens is 3. The second-order valence-corrected chi connectivity index (χ2v) is 7.27. The summed E-state index contributed by atoms with van der Waals surface area (Å²) in [5, 5.41) is 15.4. The summed E-state index contributed by atoms with van der Waals surface area (Å²) < 4.78 is 13.4. The lowest BCUT2D eigenvalue weighted by Gasteiger charge is -2.12. The van der Waals surface area contributed by atoms with Crippen molar-refractivity contribution in [2.45, 2.75) is 58.5 Å². The first kappa shape index (κ1) is 23.3. The molecule has 8 nitrogen and oxygen atoms in total. The summed E-state index contributed by atoms with van der Waals surface area (Å²) in [7, 11) is 0. The number of ether oxygens (including phenoxy) is 2. The summed E-state index contributed by atoms with van der Waals surface area (Å²) in [5.41, 5.74) is 0. The molecule has 0 bridgehead atoms. The SMILES string of the molecule is CCNC(=NCc1nnc2n1CCCCC2)NCCCOCC1CCOC1.I. The van der Waals surface area contributed by atoms with Gasteiger partial charge in [-0.15, -0.1) is 34.2 Å². The van der Waals surface area contributed by atoms with Crippen LogP contribution in [0, 0.1) is 5.92 Å². The molecule has 1 fully saturated rings. The quantitative estimate of drug-likeness (QED) is 0.231. The van der Waals surface area contributed by atoms with Crippen LogP contribution in [0.1, 0.15) is 50.7 Å². The van der Waals surface area contributed by atoms with E-state index in [0.29, 0.717) is 12.5 Å². The van der Waals surface area contributed by atoms with Gasteiger partial charge in [-0.05, 0) is 32.6 Å². The van der Waals surface area contributed by atoms with Crippen LogP contribution in [0.3, 0.4) is 0 Å². The minimum Gasteiger partial charge on any atom is -0.381 e. The molecule has 0 spiro atoms. The Hall–Kier alpha value is -0.940. The summed E-state index contributed by atoms with van der Waals surface area (Å²) in [6.45, 7) is 8.63. The van der Waals surface area contributed by atoms with E-state index in [1.807, 2.05) is 0 Å². The molecule has 1 unspecified atom stereocenters. The van der Waals surface area contributed by atoms with Gasteiger partial charge in [-0.2, -0.15) is 0 Å². The van der Waals surface area contributed by atoms with Crippen molar-refractivity contribution in [3.05, 3.63) is 11.6 Å². The number of hydrogen-bond donors (Lipinski definition) is 2. The lowest BCUT2D eigenvalue weighted by molar-refractivity contribution is 0.0888. The lowest BCUT2D eigenvalue weighted by Crippen LogP contribution is -2.38. The number of hydrogen-bond acceptors (Lipinski definition) is 5. The van der Waals surface area contributed by atoms with Gasteiger partial charge < -0.3 is 24.7 Å². The monoisotopic (exact) mass is 506 g/mol. The highest BCUT2D eigenvalue weighted by atomic mass is 127. The van der Waals surface area contributed by atoms with Gasteiger partial charge in [-0.1, -0.05) is 6.42 Å². The first-order chi connectivity index (χ1) is 13.4. The Balaban J connectivity index is 0.00000280. The molecule has 28 heavy (non-hydrogen) atoms. The second-order valence-electron chi connectivity index (χ2n) is 7.27. The number of guanidine groups is 1. The van der Waals surface area contributed by atoms with Crippen molar-refractivity contribution in [1.29, 1.82) is 0 Å². The zero-order chi connectivity index (χ0) is 18.7. The predicted octanol–water partition coefficient (Wildman–Crippen LogP) is 2.12. The molecule has 160 valence electrons. The topological polar surface area (TPSA) is 85.6 Å². The van der Waals surface area contributed by atoms with E-state index in [9.17, 15) is 0 Å². The molecule has 1 aromatic heterocycles. The third-order valence-corrected chi connectivity index (χ3v) is 5.04. The maximum absolute atomic E-state index is 5.75. The van der Waals surface area contributed by atoms with Crippen molar-refractivity contribution in [2.24, 2.45) is 10.9 Å². The number of aliphatic imine (C=N–C) groups is 1. The Morgan fingerprint density at radius 3 is 3.04 bits per heavy atom. The van der Waals surface area contributed by atoms with Crippen molar-refractivity contribution in [1.82, 2.24) is 25.4 Å². The second kappa shape index (κ2) is 13.3. The highest BCUT2D eigenvalue weighted by Gasteiger charge is 2.15. The Morgan fingerprint density at radius 1 is 1.29 bits per heavy atom. The molecular weight excluding hydrogens is 471 g/mol. The number of fused-ring (bicyclic) bond motifs is 1. The maximum atomic E-state index is 5.75. The van der Waals surface area contributed by atoms with Crippen molar-refractivity contribution in [3.8, 4) is 0 Å². The fourth-order valence-electron chi connectivity index (χ4n) is 3.50. The highest BCUT2D eigenvalue weighted by Crippen LogP contribution is 2.15. The molecular formula is C19H35IN6O2. The molecule has 3 heterocycles. The molecule has 9 heteroatoms. The van der Waals surface area contributed by atoms with Crippen LogP contribution in [0.5, 0.6) is 0 Å². The van der Waals surface area contributed by atoms with Gasteiger partial charge in [0.1, 0.15) is 12.4 Å². The van der Waals surface area contributed by atoms with Crippen LogP contribution in [0.2, 0.25) is 0 Å². The number of aryl methyl sites for hydroxylation is 1. The minimum atomic E-state index is 0. The number of halogens is 1. The number of rotatable bonds is 9. The molecule has 0 saturated carbocycles.